The number of anilines is 1. The predicted molar refractivity (Wildman–Crippen MR) is 99.6 cm³/mol. The smallest absolute Gasteiger partial charge is 0.254 e. The number of amides is 2. The lowest BCUT2D eigenvalue weighted by molar-refractivity contribution is -0.114. The van der Waals surface area contributed by atoms with E-state index in [0.29, 0.717) is 24.3 Å². The Morgan fingerprint density at radius 1 is 0.963 bits per heavy atom. The number of hydrogen-bond acceptors (Lipinski definition) is 5. The van der Waals surface area contributed by atoms with E-state index in [1.54, 1.807) is 41.6 Å². The number of hydrogen-bond donors (Lipinski definition) is 1. The SMILES string of the molecule is CC(=O)Nc1ccc(S(=O)(=O)N2CCN(C(=O)c3ccncc3)CC2)cc1. The number of benzene rings is 1. The minimum atomic E-state index is -3.65. The van der Waals surface area contributed by atoms with Gasteiger partial charge >= 0.3 is 0 Å². The van der Waals surface area contributed by atoms with Crippen LogP contribution in [-0.2, 0) is 14.8 Å². The Labute approximate surface area is 157 Å². The van der Waals surface area contributed by atoms with Crippen LogP contribution in [0.15, 0.2) is 53.7 Å². The summed E-state index contributed by atoms with van der Waals surface area (Å²) in [4.78, 5) is 29.2. The summed E-state index contributed by atoms with van der Waals surface area (Å²) >= 11 is 0. The monoisotopic (exact) mass is 388 g/mol. The summed E-state index contributed by atoms with van der Waals surface area (Å²) in [6.07, 6.45) is 3.11. The molecule has 0 aliphatic carbocycles. The third-order valence-electron chi connectivity index (χ3n) is 4.27. The number of carbonyl (C=O) groups excluding carboxylic acids is 2. The molecule has 1 aliphatic rings. The van der Waals surface area contributed by atoms with Crippen molar-refractivity contribution < 1.29 is 18.0 Å². The van der Waals surface area contributed by atoms with E-state index in [1.807, 2.05) is 0 Å². The van der Waals surface area contributed by atoms with Crippen LogP contribution in [0.4, 0.5) is 5.69 Å². The molecule has 2 aromatic rings. The zero-order valence-electron chi connectivity index (χ0n) is 14.8. The second-order valence-corrected chi connectivity index (χ2v) is 8.08. The maximum Gasteiger partial charge on any atom is 0.254 e. The first-order valence-electron chi connectivity index (χ1n) is 8.45. The Kier molecular flexibility index (Phi) is 5.52. The first kappa shape index (κ1) is 19.0. The predicted octanol–water partition coefficient (Wildman–Crippen LogP) is 1.19. The number of sulfonamides is 1. The van der Waals surface area contributed by atoms with Crippen LogP contribution in [-0.4, -0.2) is 60.6 Å². The molecule has 1 fully saturated rings. The maximum absolute atomic E-state index is 12.8. The quantitative estimate of drug-likeness (QED) is 0.848. The number of carbonyl (C=O) groups is 2. The van der Waals surface area contributed by atoms with Crippen LogP contribution in [0.25, 0.3) is 0 Å². The highest BCUT2D eigenvalue weighted by molar-refractivity contribution is 7.89. The first-order chi connectivity index (χ1) is 12.9. The van der Waals surface area contributed by atoms with Crippen LogP contribution < -0.4 is 5.32 Å². The highest BCUT2D eigenvalue weighted by Gasteiger charge is 2.30. The molecule has 3 rings (SSSR count). The summed E-state index contributed by atoms with van der Waals surface area (Å²) in [7, 11) is -3.65. The zero-order chi connectivity index (χ0) is 19.4. The Morgan fingerprint density at radius 3 is 2.11 bits per heavy atom. The number of nitrogens with one attached hydrogen (secondary N) is 1. The largest absolute Gasteiger partial charge is 0.336 e. The van der Waals surface area contributed by atoms with Crippen molar-refractivity contribution in [3.63, 3.8) is 0 Å². The van der Waals surface area contributed by atoms with Gasteiger partial charge in [0.15, 0.2) is 0 Å². The van der Waals surface area contributed by atoms with Crippen LogP contribution in [0.2, 0.25) is 0 Å². The Hall–Kier alpha value is -2.78. The van der Waals surface area contributed by atoms with Crippen molar-refractivity contribution >= 4 is 27.5 Å². The summed E-state index contributed by atoms with van der Waals surface area (Å²) in [5.74, 6) is -0.352. The normalized spacial score (nSPS) is 15.4. The molecular weight excluding hydrogens is 368 g/mol. The summed E-state index contributed by atoms with van der Waals surface area (Å²) in [5.41, 5.74) is 1.07. The van der Waals surface area contributed by atoms with Gasteiger partial charge in [0.25, 0.3) is 5.91 Å². The fourth-order valence-electron chi connectivity index (χ4n) is 2.87. The van der Waals surface area contributed by atoms with E-state index in [2.05, 4.69) is 10.3 Å². The van der Waals surface area contributed by atoms with E-state index in [1.165, 1.54) is 23.4 Å². The van der Waals surface area contributed by atoms with Crippen molar-refractivity contribution in [3.8, 4) is 0 Å². The molecule has 0 spiro atoms. The van der Waals surface area contributed by atoms with Crippen LogP contribution in [0, 0.1) is 0 Å². The van der Waals surface area contributed by atoms with Crippen molar-refractivity contribution in [1.29, 1.82) is 0 Å². The van der Waals surface area contributed by atoms with E-state index >= 15 is 0 Å². The number of piperazine rings is 1. The van der Waals surface area contributed by atoms with Crippen LogP contribution in [0.1, 0.15) is 17.3 Å². The summed E-state index contributed by atoms with van der Waals surface area (Å²) in [6.45, 7) is 2.49. The van der Waals surface area contributed by atoms with Crippen molar-refractivity contribution in [2.75, 3.05) is 31.5 Å². The average Bonchev–Trinajstić information content (AvgIpc) is 2.68. The van der Waals surface area contributed by atoms with Crippen LogP contribution in [0.3, 0.4) is 0 Å². The Morgan fingerprint density at radius 2 is 1.56 bits per heavy atom. The average molecular weight is 388 g/mol. The molecule has 0 atom stereocenters. The minimum Gasteiger partial charge on any atom is -0.336 e. The van der Waals surface area contributed by atoms with Crippen LogP contribution in [0.5, 0.6) is 0 Å². The molecule has 0 radical (unpaired) electrons. The lowest BCUT2D eigenvalue weighted by atomic mass is 10.2. The van der Waals surface area contributed by atoms with Gasteiger partial charge in [0.05, 0.1) is 4.90 Å². The molecule has 142 valence electrons. The van der Waals surface area contributed by atoms with E-state index in [-0.39, 0.29) is 29.8 Å². The van der Waals surface area contributed by atoms with E-state index in [9.17, 15) is 18.0 Å². The minimum absolute atomic E-state index is 0.130. The summed E-state index contributed by atoms with van der Waals surface area (Å²) < 4.78 is 27.0. The molecule has 1 saturated heterocycles. The molecule has 8 nitrogen and oxygen atoms in total. The molecule has 27 heavy (non-hydrogen) atoms. The Bertz CT molecular complexity index is 922. The Balaban J connectivity index is 1.66. The van der Waals surface area contributed by atoms with Gasteiger partial charge in [0.2, 0.25) is 15.9 Å². The highest BCUT2D eigenvalue weighted by atomic mass is 32.2. The van der Waals surface area contributed by atoms with Gasteiger partial charge in [0, 0.05) is 56.7 Å². The summed E-state index contributed by atoms with van der Waals surface area (Å²) in [6, 6.07) is 9.32. The fourth-order valence-corrected chi connectivity index (χ4v) is 4.29. The molecular formula is C18H20N4O4S. The van der Waals surface area contributed by atoms with Crippen molar-refractivity contribution in [2.45, 2.75) is 11.8 Å². The van der Waals surface area contributed by atoms with Crippen LogP contribution >= 0.6 is 0 Å². The molecule has 1 aliphatic heterocycles. The van der Waals surface area contributed by atoms with Gasteiger partial charge in [-0.25, -0.2) is 8.42 Å². The van der Waals surface area contributed by atoms with Gasteiger partial charge in [-0.1, -0.05) is 0 Å². The topological polar surface area (TPSA) is 99.7 Å². The number of pyridine rings is 1. The van der Waals surface area contributed by atoms with E-state index < -0.39 is 10.0 Å². The zero-order valence-corrected chi connectivity index (χ0v) is 15.6. The molecule has 0 unspecified atom stereocenters. The maximum atomic E-state index is 12.8. The molecule has 1 aromatic heterocycles. The third kappa shape index (κ3) is 4.32. The lowest BCUT2D eigenvalue weighted by Crippen LogP contribution is -2.50. The molecule has 2 heterocycles. The van der Waals surface area contributed by atoms with Gasteiger partial charge in [-0.3, -0.25) is 14.6 Å². The van der Waals surface area contributed by atoms with Gasteiger partial charge in [-0.15, -0.1) is 0 Å². The van der Waals surface area contributed by atoms with Gasteiger partial charge in [-0.05, 0) is 36.4 Å². The second-order valence-electron chi connectivity index (χ2n) is 6.14. The summed E-state index contributed by atoms with van der Waals surface area (Å²) in [5, 5.41) is 2.60. The standard InChI is InChI=1S/C18H20N4O4S/c1-14(23)20-16-2-4-17(5-3-16)27(25,26)22-12-10-21(11-13-22)18(24)15-6-8-19-9-7-15/h2-9H,10-13H2,1H3,(H,20,23). The van der Waals surface area contributed by atoms with Crippen molar-refractivity contribution in [1.82, 2.24) is 14.2 Å². The van der Waals surface area contributed by atoms with Gasteiger partial charge in [0.1, 0.15) is 0 Å². The highest BCUT2D eigenvalue weighted by Crippen LogP contribution is 2.20. The van der Waals surface area contributed by atoms with Gasteiger partial charge in [-0.2, -0.15) is 4.31 Å². The van der Waals surface area contributed by atoms with Crippen molar-refractivity contribution in [2.24, 2.45) is 0 Å². The number of rotatable bonds is 4. The molecule has 1 N–H and O–H groups in total. The molecule has 2 amide bonds. The number of aromatic nitrogens is 1. The second kappa shape index (κ2) is 7.85. The van der Waals surface area contributed by atoms with Crippen molar-refractivity contribution in [3.05, 3.63) is 54.4 Å². The molecule has 1 aromatic carbocycles. The van der Waals surface area contributed by atoms with Gasteiger partial charge < -0.3 is 10.2 Å². The third-order valence-corrected chi connectivity index (χ3v) is 6.18. The molecule has 0 saturated carbocycles. The lowest BCUT2D eigenvalue weighted by Gasteiger charge is -2.34. The first-order valence-corrected chi connectivity index (χ1v) is 9.89. The van der Waals surface area contributed by atoms with E-state index in [4.69, 9.17) is 0 Å². The molecule has 0 bridgehead atoms. The fraction of sp³-hybridized carbons (Fsp3) is 0.278. The van der Waals surface area contributed by atoms with E-state index in [0.717, 1.165) is 0 Å². The molecule has 9 heteroatoms. The number of nitrogens with zero attached hydrogens (tertiary/aromatic N) is 3.